The van der Waals surface area contributed by atoms with E-state index in [0.29, 0.717) is 18.8 Å². The Balaban J connectivity index is 1.94. The van der Waals surface area contributed by atoms with Gasteiger partial charge in [0.25, 0.3) is 0 Å². The number of piperazine rings is 1. The van der Waals surface area contributed by atoms with E-state index in [1.807, 2.05) is 38.1 Å². The zero-order valence-electron chi connectivity index (χ0n) is 13.4. The average Bonchev–Trinajstić information content (AvgIpc) is 2.52. The SMILES string of the molecule is Cc1ccc(O)c(CN2CCNC(=O)C2c2ccccc2C)n1. The summed E-state index contributed by atoms with van der Waals surface area (Å²) in [6, 6.07) is 11.0. The molecule has 1 aliphatic heterocycles. The Hall–Kier alpha value is -2.40. The Labute approximate surface area is 136 Å². The van der Waals surface area contributed by atoms with E-state index < -0.39 is 0 Å². The van der Waals surface area contributed by atoms with Gasteiger partial charge in [0.05, 0.1) is 5.69 Å². The fourth-order valence-electron chi connectivity index (χ4n) is 3.03. The van der Waals surface area contributed by atoms with Gasteiger partial charge in [-0.3, -0.25) is 14.7 Å². The Morgan fingerprint density at radius 1 is 1.26 bits per heavy atom. The summed E-state index contributed by atoms with van der Waals surface area (Å²) in [6.07, 6.45) is 0. The van der Waals surface area contributed by atoms with E-state index in [1.165, 1.54) is 0 Å². The minimum Gasteiger partial charge on any atom is -0.506 e. The van der Waals surface area contributed by atoms with Crippen LogP contribution in [0.25, 0.3) is 0 Å². The molecule has 120 valence electrons. The number of hydrogen-bond acceptors (Lipinski definition) is 4. The summed E-state index contributed by atoms with van der Waals surface area (Å²) in [6.45, 7) is 5.68. The number of hydrogen-bond donors (Lipinski definition) is 2. The molecule has 23 heavy (non-hydrogen) atoms. The fourth-order valence-corrected chi connectivity index (χ4v) is 3.03. The van der Waals surface area contributed by atoms with Gasteiger partial charge >= 0.3 is 0 Å². The summed E-state index contributed by atoms with van der Waals surface area (Å²) in [5.74, 6) is 0.169. The first-order valence-corrected chi connectivity index (χ1v) is 7.79. The molecule has 2 heterocycles. The molecule has 1 aliphatic rings. The largest absolute Gasteiger partial charge is 0.506 e. The molecule has 1 fully saturated rings. The van der Waals surface area contributed by atoms with Crippen molar-refractivity contribution in [2.24, 2.45) is 0 Å². The maximum atomic E-state index is 12.5. The van der Waals surface area contributed by atoms with Crippen molar-refractivity contribution in [2.75, 3.05) is 13.1 Å². The standard InChI is InChI=1S/C18H21N3O2/c1-12-5-3-4-6-14(12)17-18(23)19-9-10-21(17)11-15-16(22)8-7-13(2)20-15/h3-8,17,22H,9-11H2,1-2H3,(H,19,23). The lowest BCUT2D eigenvalue weighted by atomic mass is 9.97. The fraction of sp³-hybridized carbons (Fsp3) is 0.333. The molecule has 0 spiro atoms. The molecule has 2 aromatic rings. The van der Waals surface area contributed by atoms with Crippen LogP contribution >= 0.6 is 0 Å². The van der Waals surface area contributed by atoms with Crippen LogP contribution in [0.15, 0.2) is 36.4 Å². The van der Waals surface area contributed by atoms with Crippen LogP contribution in [0.5, 0.6) is 5.75 Å². The van der Waals surface area contributed by atoms with Crippen LogP contribution in [-0.2, 0) is 11.3 Å². The van der Waals surface area contributed by atoms with Crippen molar-refractivity contribution < 1.29 is 9.90 Å². The lowest BCUT2D eigenvalue weighted by Gasteiger charge is -2.35. The third kappa shape index (κ3) is 3.19. The van der Waals surface area contributed by atoms with Gasteiger partial charge in [-0.25, -0.2) is 0 Å². The van der Waals surface area contributed by atoms with E-state index in [-0.39, 0.29) is 17.7 Å². The van der Waals surface area contributed by atoms with E-state index >= 15 is 0 Å². The molecule has 3 rings (SSSR count). The average molecular weight is 311 g/mol. The van der Waals surface area contributed by atoms with Gasteiger partial charge < -0.3 is 10.4 Å². The predicted molar refractivity (Wildman–Crippen MR) is 88.0 cm³/mol. The molecular weight excluding hydrogens is 290 g/mol. The Kier molecular flexibility index (Phi) is 4.30. The summed E-state index contributed by atoms with van der Waals surface area (Å²) in [5.41, 5.74) is 3.54. The number of amides is 1. The predicted octanol–water partition coefficient (Wildman–Crippen LogP) is 2.08. The van der Waals surface area contributed by atoms with Gasteiger partial charge in [0.1, 0.15) is 11.8 Å². The minimum atomic E-state index is -0.355. The number of nitrogens with zero attached hydrogens (tertiary/aromatic N) is 2. The van der Waals surface area contributed by atoms with Crippen molar-refractivity contribution in [1.82, 2.24) is 15.2 Å². The molecule has 5 nitrogen and oxygen atoms in total. The van der Waals surface area contributed by atoms with Gasteiger partial charge in [-0.15, -0.1) is 0 Å². The highest BCUT2D eigenvalue weighted by Crippen LogP contribution is 2.28. The normalized spacial score (nSPS) is 18.7. The summed E-state index contributed by atoms with van der Waals surface area (Å²) >= 11 is 0. The first-order chi connectivity index (χ1) is 11.1. The van der Waals surface area contributed by atoms with Crippen molar-refractivity contribution in [3.05, 3.63) is 58.9 Å². The van der Waals surface area contributed by atoms with Crippen molar-refractivity contribution in [1.29, 1.82) is 0 Å². The second-order valence-electron chi connectivity index (χ2n) is 5.94. The van der Waals surface area contributed by atoms with Gasteiger partial charge in [-0.05, 0) is 37.1 Å². The second-order valence-corrected chi connectivity index (χ2v) is 5.94. The third-order valence-corrected chi connectivity index (χ3v) is 4.24. The van der Waals surface area contributed by atoms with E-state index in [2.05, 4.69) is 15.2 Å². The zero-order chi connectivity index (χ0) is 16.4. The summed E-state index contributed by atoms with van der Waals surface area (Å²) in [5, 5.41) is 13.0. The molecule has 0 saturated carbocycles. The quantitative estimate of drug-likeness (QED) is 0.911. The van der Waals surface area contributed by atoms with E-state index in [4.69, 9.17) is 0 Å². The molecule has 0 bridgehead atoms. The lowest BCUT2D eigenvalue weighted by Crippen LogP contribution is -2.49. The van der Waals surface area contributed by atoms with E-state index in [9.17, 15) is 9.90 Å². The minimum absolute atomic E-state index is 0.00214. The van der Waals surface area contributed by atoms with Gasteiger partial charge in [-0.2, -0.15) is 0 Å². The molecule has 1 unspecified atom stereocenters. The number of aryl methyl sites for hydroxylation is 2. The molecule has 0 radical (unpaired) electrons. The zero-order valence-corrected chi connectivity index (χ0v) is 13.4. The highest BCUT2D eigenvalue weighted by atomic mass is 16.3. The number of benzene rings is 1. The summed E-state index contributed by atoms with van der Waals surface area (Å²) < 4.78 is 0. The maximum absolute atomic E-state index is 12.5. The van der Waals surface area contributed by atoms with E-state index in [0.717, 1.165) is 23.4 Å². The number of carbonyl (C=O) groups excluding carboxylic acids is 1. The molecule has 5 heteroatoms. The van der Waals surface area contributed by atoms with Crippen molar-refractivity contribution in [3.8, 4) is 5.75 Å². The molecule has 1 amide bonds. The van der Waals surface area contributed by atoms with Crippen LogP contribution in [0.2, 0.25) is 0 Å². The monoisotopic (exact) mass is 311 g/mol. The summed E-state index contributed by atoms with van der Waals surface area (Å²) in [7, 11) is 0. The van der Waals surface area contributed by atoms with E-state index in [1.54, 1.807) is 12.1 Å². The molecule has 1 aromatic carbocycles. The molecule has 0 aliphatic carbocycles. The molecule has 1 saturated heterocycles. The van der Waals surface area contributed by atoms with Crippen LogP contribution in [-0.4, -0.2) is 34.0 Å². The van der Waals surface area contributed by atoms with Crippen LogP contribution in [0.3, 0.4) is 0 Å². The number of rotatable bonds is 3. The molecular formula is C18H21N3O2. The lowest BCUT2D eigenvalue weighted by molar-refractivity contribution is -0.129. The molecule has 1 atom stereocenters. The highest BCUT2D eigenvalue weighted by Gasteiger charge is 2.32. The van der Waals surface area contributed by atoms with Gasteiger partial charge in [0, 0.05) is 25.3 Å². The Bertz CT molecular complexity index is 730. The van der Waals surface area contributed by atoms with Crippen molar-refractivity contribution >= 4 is 5.91 Å². The molecule has 1 aromatic heterocycles. The van der Waals surface area contributed by atoms with Crippen molar-refractivity contribution in [2.45, 2.75) is 26.4 Å². The number of nitrogens with one attached hydrogen (secondary N) is 1. The first-order valence-electron chi connectivity index (χ1n) is 7.79. The topological polar surface area (TPSA) is 65.5 Å². The first kappa shape index (κ1) is 15.5. The van der Waals surface area contributed by atoms with Crippen LogP contribution in [0.4, 0.5) is 0 Å². The van der Waals surface area contributed by atoms with Crippen LogP contribution in [0.1, 0.15) is 28.6 Å². The van der Waals surface area contributed by atoms with Gasteiger partial charge in [-0.1, -0.05) is 24.3 Å². The van der Waals surface area contributed by atoms with Crippen LogP contribution in [0, 0.1) is 13.8 Å². The Morgan fingerprint density at radius 3 is 2.83 bits per heavy atom. The summed E-state index contributed by atoms with van der Waals surface area (Å²) in [4.78, 5) is 19.0. The number of aromatic nitrogens is 1. The van der Waals surface area contributed by atoms with Gasteiger partial charge in [0.15, 0.2) is 0 Å². The molecule has 2 N–H and O–H groups in total. The highest BCUT2D eigenvalue weighted by molar-refractivity contribution is 5.84. The van der Waals surface area contributed by atoms with Crippen LogP contribution < -0.4 is 5.32 Å². The smallest absolute Gasteiger partial charge is 0.242 e. The number of pyridine rings is 1. The Morgan fingerprint density at radius 2 is 2.04 bits per heavy atom. The third-order valence-electron chi connectivity index (χ3n) is 4.24. The second kappa shape index (κ2) is 6.38. The van der Waals surface area contributed by atoms with Gasteiger partial charge in [0.2, 0.25) is 5.91 Å². The maximum Gasteiger partial charge on any atom is 0.242 e. The number of carbonyl (C=O) groups is 1. The number of aromatic hydroxyl groups is 1. The van der Waals surface area contributed by atoms with Crippen molar-refractivity contribution in [3.63, 3.8) is 0 Å².